The Bertz CT molecular complexity index is 1340. The summed E-state index contributed by atoms with van der Waals surface area (Å²) >= 11 is 0. The molecule has 2 amide bonds. The predicted molar refractivity (Wildman–Crippen MR) is 109 cm³/mol. The predicted octanol–water partition coefficient (Wildman–Crippen LogP) is 3.58. The number of carbonyl (C=O) groups excluding carboxylic acids is 2. The van der Waals surface area contributed by atoms with Crippen LogP contribution in [0.1, 0.15) is 26.3 Å². The summed E-state index contributed by atoms with van der Waals surface area (Å²) in [6.45, 7) is -0.0887. The molecule has 0 unspecified atom stereocenters. The number of para-hydroxylation sites is 1. The summed E-state index contributed by atoms with van der Waals surface area (Å²) in [4.78, 5) is 29.8. The third-order valence-electron chi connectivity index (χ3n) is 4.67. The first kappa shape index (κ1) is 22.3. The van der Waals surface area contributed by atoms with Gasteiger partial charge < -0.3 is 4.74 Å². The van der Waals surface area contributed by atoms with Crippen LogP contribution in [-0.4, -0.2) is 36.5 Å². The monoisotopic (exact) mass is 477 g/mol. The molecule has 4 rings (SSSR count). The maximum atomic E-state index is 13.0. The number of carbonyl (C=O) groups is 2. The molecule has 1 aromatic heterocycles. The number of amides is 2. The highest BCUT2D eigenvalue weighted by molar-refractivity contribution is 7.92. The molecule has 0 spiro atoms. The third kappa shape index (κ3) is 4.51. The van der Waals surface area contributed by atoms with Crippen LogP contribution in [0.15, 0.2) is 71.9 Å². The standard InChI is InChI=1S/C21H14F3N3O5S/c22-21(23,24)32-16-8-1-2-9-17(16)33(30,31)26-15-7-3-6-14-18(15)20(29)27(19(14)28)12-13-5-4-10-25-11-13/h1-11,26H,12H2. The van der Waals surface area contributed by atoms with Gasteiger partial charge in [-0.3, -0.25) is 24.2 Å². The molecule has 0 saturated heterocycles. The second-order valence-corrected chi connectivity index (χ2v) is 8.54. The maximum absolute atomic E-state index is 13.0. The first-order chi connectivity index (χ1) is 15.6. The second kappa shape index (κ2) is 8.20. The lowest BCUT2D eigenvalue weighted by Gasteiger charge is -2.16. The summed E-state index contributed by atoms with van der Waals surface area (Å²) in [5, 5.41) is 0. The van der Waals surface area contributed by atoms with Gasteiger partial charge in [0.1, 0.15) is 10.6 Å². The van der Waals surface area contributed by atoms with Crippen LogP contribution in [0, 0.1) is 0 Å². The van der Waals surface area contributed by atoms with Crippen molar-refractivity contribution in [2.24, 2.45) is 0 Å². The van der Waals surface area contributed by atoms with Gasteiger partial charge in [0.2, 0.25) is 0 Å². The fourth-order valence-electron chi connectivity index (χ4n) is 3.32. The van der Waals surface area contributed by atoms with Crippen LogP contribution in [0.5, 0.6) is 5.75 Å². The first-order valence-corrected chi connectivity index (χ1v) is 10.8. The van der Waals surface area contributed by atoms with Gasteiger partial charge in [0.05, 0.1) is 23.4 Å². The van der Waals surface area contributed by atoms with Crippen LogP contribution in [0.2, 0.25) is 0 Å². The fourth-order valence-corrected chi connectivity index (χ4v) is 4.52. The van der Waals surface area contributed by atoms with E-state index in [1.54, 1.807) is 12.1 Å². The molecule has 1 N–H and O–H groups in total. The van der Waals surface area contributed by atoms with Crippen LogP contribution >= 0.6 is 0 Å². The molecule has 1 aliphatic rings. The van der Waals surface area contributed by atoms with Crippen LogP contribution in [0.25, 0.3) is 0 Å². The molecule has 8 nitrogen and oxygen atoms in total. The third-order valence-corrected chi connectivity index (χ3v) is 6.08. The van der Waals surface area contributed by atoms with Gasteiger partial charge in [-0.15, -0.1) is 13.2 Å². The van der Waals surface area contributed by atoms with E-state index in [2.05, 4.69) is 14.4 Å². The molecule has 2 heterocycles. The number of nitrogens with one attached hydrogen (secondary N) is 1. The summed E-state index contributed by atoms with van der Waals surface area (Å²) < 4.78 is 69.8. The number of fused-ring (bicyclic) bond motifs is 1. The van der Waals surface area contributed by atoms with Crippen LogP contribution < -0.4 is 9.46 Å². The molecule has 12 heteroatoms. The fraction of sp³-hybridized carbons (Fsp3) is 0.0952. The Hall–Kier alpha value is -3.93. The lowest BCUT2D eigenvalue weighted by atomic mass is 10.1. The number of nitrogens with zero attached hydrogens (tertiary/aromatic N) is 2. The van der Waals surface area contributed by atoms with E-state index in [1.807, 2.05) is 0 Å². The van der Waals surface area contributed by atoms with Crippen LogP contribution in [-0.2, 0) is 16.6 Å². The van der Waals surface area contributed by atoms with Crippen molar-refractivity contribution in [1.29, 1.82) is 0 Å². The highest BCUT2D eigenvalue weighted by atomic mass is 32.2. The van der Waals surface area contributed by atoms with Gasteiger partial charge in [-0.25, -0.2) is 8.42 Å². The van der Waals surface area contributed by atoms with E-state index >= 15 is 0 Å². The molecule has 3 aromatic rings. The maximum Gasteiger partial charge on any atom is 0.573 e. The van der Waals surface area contributed by atoms with Gasteiger partial charge in [-0.2, -0.15) is 0 Å². The average Bonchev–Trinajstić information content (AvgIpc) is 2.99. The van der Waals surface area contributed by atoms with E-state index in [9.17, 15) is 31.2 Å². The number of rotatable bonds is 6. The summed E-state index contributed by atoms with van der Waals surface area (Å²) in [7, 11) is -4.62. The van der Waals surface area contributed by atoms with E-state index in [0.717, 1.165) is 17.0 Å². The molecule has 0 fully saturated rings. The number of anilines is 1. The van der Waals surface area contributed by atoms with Crippen LogP contribution in [0.4, 0.5) is 18.9 Å². The van der Waals surface area contributed by atoms with Gasteiger partial charge in [0.15, 0.2) is 0 Å². The van der Waals surface area contributed by atoms with Crippen LogP contribution in [0.3, 0.4) is 0 Å². The van der Waals surface area contributed by atoms with Crippen molar-refractivity contribution in [2.75, 3.05) is 4.72 Å². The Morgan fingerprint density at radius 3 is 2.42 bits per heavy atom. The number of hydrogen-bond acceptors (Lipinski definition) is 6. The molecule has 1 aliphatic heterocycles. The molecule has 0 bridgehead atoms. The van der Waals surface area contributed by atoms with Gasteiger partial charge >= 0.3 is 6.36 Å². The SMILES string of the molecule is O=C1c2cccc(NS(=O)(=O)c3ccccc3OC(F)(F)F)c2C(=O)N1Cc1cccnc1. The molecule has 2 aromatic carbocycles. The van der Waals surface area contributed by atoms with Crippen molar-refractivity contribution >= 4 is 27.5 Å². The van der Waals surface area contributed by atoms with Crippen molar-refractivity contribution in [3.63, 3.8) is 0 Å². The number of aromatic nitrogens is 1. The minimum atomic E-state index is -5.12. The average molecular weight is 477 g/mol. The van der Waals surface area contributed by atoms with Crippen molar-refractivity contribution in [2.45, 2.75) is 17.8 Å². The Morgan fingerprint density at radius 1 is 0.970 bits per heavy atom. The molecular formula is C21H14F3N3O5S. The van der Waals surface area contributed by atoms with Crippen molar-refractivity contribution in [1.82, 2.24) is 9.88 Å². The Balaban J connectivity index is 1.68. The normalized spacial score (nSPS) is 13.7. The molecule has 0 saturated carbocycles. The molecule has 0 atom stereocenters. The van der Waals surface area contributed by atoms with E-state index in [1.165, 1.54) is 42.7 Å². The summed E-state index contributed by atoms with van der Waals surface area (Å²) in [6, 6.07) is 11.4. The number of ether oxygens (including phenoxy) is 1. The highest BCUT2D eigenvalue weighted by Gasteiger charge is 2.39. The van der Waals surface area contributed by atoms with Crippen molar-refractivity contribution < 1.29 is 35.9 Å². The molecule has 170 valence electrons. The lowest BCUT2D eigenvalue weighted by molar-refractivity contribution is -0.275. The Labute approximate surface area is 185 Å². The molecule has 0 radical (unpaired) electrons. The molecular weight excluding hydrogens is 463 g/mol. The topological polar surface area (TPSA) is 106 Å². The number of benzene rings is 2. The van der Waals surface area contributed by atoms with E-state index in [-0.39, 0.29) is 23.4 Å². The number of alkyl halides is 3. The largest absolute Gasteiger partial charge is 0.573 e. The lowest BCUT2D eigenvalue weighted by Crippen LogP contribution is -2.29. The number of hydrogen-bond donors (Lipinski definition) is 1. The van der Waals surface area contributed by atoms with E-state index in [4.69, 9.17) is 0 Å². The minimum absolute atomic E-state index is 0.0380. The van der Waals surface area contributed by atoms with E-state index < -0.39 is 38.8 Å². The number of pyridine rings is 1. The van der Waals surface area contributed by atoms with Gasteiger partial charge in [-0.05, 0) is 35.9 Å². The van der Waals surface area contributed by atoms with Gasteiger partial charge in [0, 0.05) is 12.4 Å². The summed E-state index contributed by atoms with van der Waals surface area (Å²) in [5.74, 6) is -2.33. The molecule has 0 aliphatic carbocycles. The Morgan fingerprint density at radius 2 is 1.73 bits per heavy atom. The number of imide groups is 1. The zero-order valence-electron chi connectivity index (χ0n) is 16.5. The Kier molecular flexibility index (Phi) is 5.54. The van der Waals surface area contributed by atoms with Gasteiger partial charge in [-0.1, -0.05) is 24.3 Å². The highest BCUT2D eigenvalue weighted by Crippen LogP contribution is 2.34. The smallest absolute Gasteiger partial charge is 0.404 e. The van der Waals surface area contributed by atoms with Crippen molar-refractivity contribution in [3.05, 3.63) is 83.7 Å². The number of sulfonamides is 1. The summed E-state index contributed by atoms with van der Waals surface area (Å²) in [5.41, 5.74) is 0.0850. The first-order valence-electron chi connectivity index (χ1n) is 9.32. The molecule has 33 heavy (non-hydrogen) atoms. The zero-order chi connectivity index (χ0) is 23.8. The van der Waals surface area contributed by atoms with Gasteiger partial charge in [0.25, 0.3) is 21.8 Å². The number of halogens is 3. The van der Waals surface area contributed by atoms with Crippen molar-refractivity contribution in [3.8, 4) is 5.75 Å². The zero-order valence-corrected chi connectivity index (χ0v) is 17.4. The van der Waals surface area contributed by atoms with E-state index in [0.29, 0.717) is 5.56 Å². The second-order valence-electron chi connectivity index (χ2n) is 6.89. The summed E-state index contributed by atoms with van der Waals surface area (Å²) in [6.07, 6.45) is -2.11. The minimum Gasteiger partial charge on any atom is -0.404 e. The quantitative estimate of drug-likeness (QED) is 0.544.